The summed E-state index contributed by atoms with van der Waals surface area (Å²) in [6, 6.07) is 18.0. The van der Waals surface area contributed by atoms with Crippen molar-refractivity contribution in [2.45, 2.75) is 26.3 Å². The standard InChI is InChI=1S/C31H35N5O5/c1-22-7-8-24(19-29(22)36(39)40)30(37)33-26-9-10-28(35-14-11-23-5-2-3-6-25(23)21-35)27(20-26)31(38)32-12-4-13-34-15-17-41-18-16-34/h2-3,5-10,19-20H,4,11-18,21H2,1H3,(H,32,38)(H,33,37). The van der Waals surface area contributed by atoms with Crippen LogP contribution >= 0.6 is 0 Å². The van der Waals surface area contributed by atoms with Crippen molar-refractivity contribution < 1.29 is 19.2 Å². The van der Waals surface area contributed by atoms with Crippen molar-refractivity contribution >= 4 is 28.9 Å². The van der Waals surface area contributed by atoms with E-state index in [4.69, 9.17) is 4.74 Å². The minimum Gasteiger partial charge on any atom is -0.379 e. The van der Waals surface area contributed by atoms with Gasteiger partial charge in [-0.05, 0) is 61.7 Å². The van der Waals surface area contributed by atoms with E-state index in [0.29, 0.717) is 29.9 Å². The molecule has 41 heavy (non-hydrogen) atoms. The molecule has 10 nitrogen and oxygen atoms in total. The van der Waals surface area contributed by atoms with Gasteiger partial charge in [-0.3, -0.25) is 24.6 Å². The summed E-state index contributed by atoms with van der Waals surface area (Å²) in [6.07, 6.45) is 1.70. The second kappa shape index (κ2) is 12.9. The average molecular weight is 558 g/mol. The number of fused-ring (bicyclic) bond motifs is 1. The number of carbonyl (C=O) groups excluding carboxylic acids is 2. The van der Waals surface area contributed by atoms with Crippen molar-refractivity contribution in [2.24, 2.45) is 0 Å². The predicted octanol–water partition coefficient (Wildman–Crippen LogP) is 4.17. The molecule has 2 aliphatic heterocycles. The molecule has 0 aliphatic carbocycles. The number of rotatable bonds is 9. The number of nitrogens with zero attached hydrogens (tertiary/aromatic N) is 3. The average Bonchev–Trinajstić information content (AvgIpc) is 2.99. The fourth-order valence-corrected chi connectivity index (χ4v) is 5.35. The van der Waals surface area contributed by atoms with Gasteiger partial charge in [0.25, 0.3) is 17.5 Å². The van der Waals surface area contributed by atoms with E-state index in [1.165, 1.54) is 17.2 Å². The molecule has 214 valence electrons. The zero-order valence-electron chi connectivity index (χ0n) is 23.2. The normalized spacial score (nSPS) is 15.2. The summed E-state index contributed by atoms with van der Waals surface area (Å²) < 4.78 is 5.41. The van der Waals surface area contributed by atoms with Gasteiger partial charge in [-0.15, -0.1) is 0 Å². The maximum atomic E-state index is 13.5. The molecular weight excluding hydrogens is 522 g/mol. The predicted molar refractivity (Wildman–Crippen MR) is 158 cm³/mol. The smallest absolute Gasteiger partial charge is 0.273 e. The Morgan fingerprint density at radius 3 is 2.54 bits per heavy atom. The highest BCUT2D eigenvalue weighted by Gasteiger charge is 2.23. The number of nitro groups is 1. The zero-order chi connectivity index (χ0) is 28.8. The van der Waals surface area contributed by atoms with Crippen LogP contribution in [0.3, 0.4) is 0 Å². The summed E-state index contributed by atoms with van der Waals surface area (Å²) >= 11 is 0. The van der Waals surface area contributed by atoms with E-state index in [1.807, 2.05) is 18.2 Å². The van der Waals surface area contributed by atoms with Gasteiger partial charge < -0.3 is 20.3 Å². The number of nitro benzene ring substituents is 1. The fraction of sp³-hybridized carbons (Fsp3) is 0.355. The third kappa shape index (κ3) is 6.90. The SMILES string of the molecule is Cc1ccc(C(=O)Nc2ccc(N3CCc4ccccc4C3)c(C(=O)NCCCN3CCOCC3)c2)cc1[N+](=O)[O-]. The molecule has 0 bridgehead atoms. The highest BCUT2D eigenvalue weighted by molar-refractivity contribution is 6.06. The Bertz CT molecular complexity index is 1440. The van der Waals surface area contributed by atoms with Crippen LogP contribution in [-0.2, 0) is 17.7 Å². The molecule has 0 spiro atoms. The van der Waals surface area contributed by atoms with Gasteiger partial charge in [0.15, 0.2) is 0 Å². The molecule has 10 heteroatoms. The van der Waals surface area contributed by atoms with Gasteiger partial charge in [-0.1, -0.05) is 30.3 Å². The highest BCUT2D eigenvalue weighted by atomic mass is 16.6. The zero-order valence-corrected chi connectivity index (χ0v) is 23.2. The topological polar surface area (TPSA) is 117 Å². The monoisotopic (exact) mass is 557 g/mol. The third-order valence-electron chi connectivity index (χ3n) is 7.68. The first-order valence-electron chi connectivity index (χ1n) is 14.0. The second-order valence-electron chi connectivity index (χ2n) is 10.4. The van der Waals surface area contributed by atoms with Gasteiger partial charge in [-0.2, -0.15) is 0 Å². The van der Waals surface area contributed by atoms with Crippen molar-refractivity contribution in [1.82, 2.24) is 10.2 Å². The number of benzene rings is 3. The summed E-state index contributed by atoms with van der Waals surface area (Å²) in [4.78, 5) is 41.9. The first-order chi connectivity index (χ1) is 19.9. The van der Waals surface area contributed by atoms with E-state index in [-0.39, 0.29) is 17.2 Å². The molecule has 2 aliphatic rings. The molecule has 1 fully saturated rings. The van der Waals surface area contributed by atoms with E-state index in [1.54, 1.807) is 31.2 Å². The summed E-state index contributed by atoms with van der Waals surface area (Å²) in [5.41, 5.74) is 4.80. The Balaban J connectivity index is 1.34. The lowest BCUT2D eigenvalue weighted by atomic mass is 9.98. The molecule has 3 aromatic carbocycles. The summed E-state index contributed by atoms with van der Waals surface area (Å²) in [7, 11) is 0. The number of hydrogen-bond donors (Lipinski definition) is 2. The van der Waals surface area contributed by atoms with Crippen LogP contribution in [0.5, 0.6) is 0 Å². The van der Waals surface area contributed by atoms with Gasteiger partial charge in [0.05, 0.1) is 23.7 Å². The van der Waals surface area contributed by atoms with E-state index in [9.17, 15) is 19.7 Å². The summed E-state index contributed by atoms with van der Waals surface area (Å²) in [6.45, 7) is 7.79. The van der Waals surface area contributed by atoms with Crippen LogP contribution in [0.15, 0.2) is 60.7 Å². The molecule has 2 heterocycles. The van der Waals surface area contributed by atoms with Gasteiger partial charge in [0.2, 0.25) is 0 Å². The Morgan fingerprint density at radius 1 is 0.976 bits per heavy atom. The second-order valence-corrected chi connectivity index (χ2v) is 10.4. The van der Waals surface area contributed by atoms with E-state index < -0.39 is 10.8 Å². The number of anilines is 2. The maximum Gasteiger partial charge on any atom is 0.273 e. The third-order valence-corrected chi connectivity index (χ3v) is 7.68. The molecular formula is C31H35N5O5. The minimum absolute atomic E-state index is 0.115. The quantitative estimate of drug-likeness (QED) is 0.230. The molecule has 2 N–H and O–H groups in total. The molecule has 3 aromatic rings. The van der Waals surface area contributed by atoms with Crippen LogP contribution in [-0.4, -0.2) is 67.6 Å². The van der Waals surface area contributed by atoms with Gasteiger partial charge in [0.1, 0.15) is 0 Å². The highest BCUT2D eigenvalue weighted by Crippen LogP contribution is 2.30. The lowest BCUT2D eigenvalue weighted by Crippen LogP contribution is -2.38. The minimum atomic E-state index is -0.501. The molecule has 0 atom stereocenters. The summed E-state index contributed by atoms with van der Waals surface area (Å²) in [5.74, 6) is -0.687. The van der Waals surface area contributed by atoms with Crippen LogP contribution in [0, 0.1) is 17.0 Å². The van der Waals surface area contributed by atoms with E-state index in [2.05, 4.69) is 32.6 Å². The van der Waals surface area contributed by atoms with Crippen molar-refractivity contribution in [3.8, 4) is 0 Å². The van der Waals surface area contributed by atoms with E-state index in [0.717, 1.165) is 57.9 Å². The van der Waals surface area contributed by atoms with Gasteiger partial charge >= 0.3 is 0 Å². The summed E-state index contributed by atoms with van der Waals surface area (Å²) in [5, 5.41) is 17.2. The first kappa shape index (κ1) is 28.3. The fourth-order valence-electron chi connectivity index (χ4n) is 5.35. The number of hydrogen-bond acceptors (Lipinski definition) is 7. The Hall–Kier alpha value is -4.28. The molecule has 2 amide bonds. The van der Waals surface area contributed by atoms with Crippen LogP contribution in [0.1, 0.15) is 43.8 Å². The van der Waals surface area contributed by atoms with Gasteiger partial charge in [0, 0.05) is 61.3 Å². The van der Waals surface area contributed by atoms with Crippen molar-refractivity contribution in [3.05, 3.63) is 98.6 Å². The Labute approximate surface area is 239 Å². The molecule has 0 aromatic heterocycles. The van der Waals surface area contributed by atoms with Crippen LogP contribution in [0.4, 0.5) is 17.1 Å². The van der Waals surface area contributed by atoms with Gasteiger partial charge in [-0.25, -0.2) is 0 Å². The Morgan fingerprint density at radius 2 is 1.76 bits per heavy atom. The largest absolute Gasteiger partial charge is 0.379 e. The lowest BCUT2D eigenvalue weighted by molar-refractivity contribution is -0.385. The number of ether oxygens (including phenoxy) is 1. The number of morpholine rings is 1. The van der Waals surface area contributed by atoms with Crippen molar-refractivity contribution in [3.63, 3.8) is 0 Å². The van der Waals surface area contributed by atoms with Crippen LogP contribution in [0.2, 0.25) is 0 Å². The van der Waals surface area contributed by atoms with Crippen LogP contribution < -0.4 is 15.5 Å². The van der Waals surface area contributed by atoms with Crippen molar-refractivity contribution in [2.75, 3.05) is 56.2 Å². The number of carbonyl (C=O) groups is 2. The molecule has 1 saturated heterocycles. The van der Waals surface area contributed by atoms with Crippen LogP contribution in [0.25, 0.3) is 0 Å². The molecule has 0 saturated carbocycles. The molecule has 0 unspecified atom stereocenters. The molecule has 5 rings (SSSR count). The number of aryl methyl sites for hydroxylation is 1. The maximum absolute atomic E-state index is 13.5. The number of nitrogens with one attached hydrogen (secondary N) is 2. The van der Waals surface area contributed by atoms with Crippen molar-refractivity contribution in [1.29, 1.82) is 0 Å². The lowest BCUT2D eigenvalue weighted by Gasteiger charge is -2.32. The van der Waals surface area contributed by atoms with E-state index >= 15 is 0 Å². The first-order valence-corrected chi connectivity index (χ1v) is 14.0. The Kier molecular flexibility index (Phi) is 8.91. The molecule has 0 radical (unpaired) electrons. The number of amides is 2.